The Kier molecular flexibility index (Phi) is 7.11. The molecule has 36 heavy (non-hydrogen) atoms. The van der Waals surface area contributed by atoms with E-state index < -0.39 is 23.1 Å². The van der Waals surface area contributed by atoms with Gasteiger partial charge < -0.3 is 21.5 Å². The molecule has 4 rings (SSSR count). The molecule has 12 heteroatoms. The zero-order valence-electron chi connectivity index (χ0n) is 19.8. The fourth-order valence-corrected chi connectivity index (χ4v) is 4.60. The molecule has 9 nitrogen and oxygen atoms in total. The Morgan fingerprint density at radius 2 is 1.92 bits per heavy atom. The zero-order chi connectivity index (χ0) is 26.0. The summed E-state index contributed by atoms with van der Waals surface area (Å²) in [5.74, 6) is -1.61. The minimum Gasteiger partial charge on any atom is -0.386 e. The average molecular weight is 514 g/mol. The largest absolute Gasteiger partial charge is 0.386 e. The van der Waals surface area contributed by atoms with Gasteiger partial charge in [0.15, 0.2) is 0 Å². The van der Waals surface area contributed by atoms with Crippen LogP contribution in [-0.2, 0) is 25.7 Å². The summed E-state index contributed by atoms with van der Waals surface area (Å²) in [6.45, 7) is 3.77. The minimum absolute atomic E-state index is 0.0637. The fraction of sp³-hybridized carbons (Fsp3) is 0.250. The van der Waals surface area contributed by atoms with Gasteiger partial charge in [-0.15, -0.1) is 11.3 Å². The monoisotopic (exact) mass is 513 g/mol. The summed E-state index contributed by atoms with van der Waals surface area (Å²) < 4.78 is 31.5. The number of aliphatic hydroxyl groups is 1. The minimum atomic E-state index is -1.42. The SMILES string of the molecule is Cn1ccc(CNCc2nccc(Nc3sc(-c4c(F)cc(C(C)(C)O)cc4F)cc3C(N)=O)n2)n1. The third-order valence-corrected chi connectivity index (χ3v) is 6.37. The molecule has 0 saturated carbocycles. The first-order valence-corrected chi connectivity index (χ1v) is 11.8. The number of carbonyl (C=O) groups excluding carboxylic acids is 1. The number of aromatic nitrogens is 4. The highest BCUT2D eigenvalue weighted by Gasteiger charge is 2.24. The molecule has 0 spiro atoms. The highest BCUT2D eigenvalue weighted by atomic mass is 32.1. The van der Waals surface area contributed by atoms with Crippen LogP contribution in [0.15, 0.2) is 42.7 Å². The number of amides is 1. The summed E-state index contributed by atoms with van der Waals surface area (Å²) in [7, 11) is 1.84. The Bertz CT molecular complexity index is 1390. The van der Waals surface area contributed by atoms with Crippen LogP contribution in [0.5, 0.6) is 0 Å². The summed E-state index contributed by atoms with van der Waals surface area (Å²) in [5.41, 5.74) is 4.83. The first-order valence-electron chi connectivity index (χ1n) is 11.0. The van der Waals surface area contributed by atoms with E-state index in [0.29, 0.717) is 24.7 Å². The number of aryl methyl sites for hydroxylation is 1. The van der Waals surface area contributed by atoms with E-state index in [1.165, 1.54) is 19.9 Å². The Morgan fingerprint density at radius 1 is 1.19 bits per heavy atom. The van der Waals surface area contributed by atoms with Crippen LogP contribution >= 0.6 is 11.3 Å². The molecular weight excluding hydrogens is 488 g/mol. The molecule has 0 bridgehead atoms. The van der Waals surface area contributed by atoms with Crippen molar-refractivity contribution in [2.24, 2.45) is 12.8 Å². The number of primary amides is 1. The Morgan fingerprint density at radius 3 is 2.53 bits per heavy atom. The molecule has 4 aromatic rings. The molecule has 0 atom stereocenters. The van der Waals surface area contributed by atoms with Gasteiger partial charge in [-0.25, -0.2) is 18.7 Å². The zero-order valence-corrected chi connectivity index (χ0v) is 20.7. The van der Waals surface area contributed by atoms with Crippen LogP contribution in [0.25, 0.3) is 10.4 Å². The summed E-state index contributed by atoms with van der Waals surface area (Å²) in [6.07, 6.45) is 3.41. The predicted octanol–water partition coefficient (Wildman–Crippen LogP) is 3.58. The van der Waals surface area contributed by atoms with Gasteiger partial charge in [0.1, 0.15) is 28.3 Å². The smallest absolute Gasteiger partial charge is 0.251 e. The van der Waals surface area contributed by atoms with Crippen LogP contribution in [-0.4, -0.2) is 30.8 Å². The molecule has 3 heterocycles. The number of rotatable bonds is 9. The lowest BCUT2D eigenvalue weighted by Crippen LogP contribution is -2.16. The highest BCUT2D eigenvalue weighted by Crippen LogP contribution is 2.40. The van der Waals surface area contributed by atoms with E-state index in [9.17, 15) is 18.7 Å². The topological polar surface area (TPSA) is 131 Å². The summed E-state index contributed by atoms with van der Waals surface area (Å²) >= 11 is 0.960. The average Bonchev–Trinajstić information content (AvgIpc) is 3.39. The van der Waals surface area contributed by atoms with E-state index in [4.69, 9.17) is 5.73 Å². The van der Waals surface area contributed by atoms with Crippen LogP contribution in [0.1, 0.15) is 41.3 Å². The van der Waals surface area contributed by atoms with Gasteiger partial charge in [-0.05, 0) is 49.7 Å². The number of hydrogen-bond donors (Lipinski definition) is 4. The molecular formula is C24H25F2N7O2S. The Labute approximate surface area is 210 Å². The molecule has 1 amide bonds. The van der Waals surface area contributed by atoms with Crippen LogP contribution < -0.4 is 16.4 Å². The van der Waals surface area contributed by atoms with E-state index in [1.807, 2.05) is 19.3 Å². The van der Waals surface area contributed by atoms with E-state index in [-0.39, 0.29) is 26.6 Å². The molecule has 0 aliphatic rings. The van der Waals surface area contributed by atoms with Gasteiger partial charge in [0, 0.05) is 30.9 Å². The molecule has 0 aliphatic carbocycles. The van der Waals surface area contributed by atoms with Gasteiger partial charge in [-0.1, -0.05) is 0 Å². The third-order valence-electron chi connectivity index (χ3n) is 5.30. The standard InChI is InChI=1S/C24H25F2N7O2S/c1-24(2,35)13-8-16(25)21(17(26)9-13)18-10-15(22(27)34)23(36-18)31-19-4-6-29-20(30-19)12-28-11-14-5-7-33(3)32-14/h4-10,28,35H,11-12H2,1-3H3,(H2,27,34)(H,29,30,31). The molecule has 0 radical (unpaired) electrons. The van der Waals surface area contributed by atoms with Gasteiger partial charge in [0.25, 0.3) is 5.91 Å². The van der Waals surface area contributed by atoms with Crippen molar-refractivity contribution in [1.29, 1.82) is 0 Å². The van der Waals surface area contributed by atoms with Crippen molar-refractivity contribution in [2.45, 2.75) is 32.5 Å². The van der Waals surface area contributed by atoms with Crippen molar-refractivity contribution in [3.05, 3.63) is 77.0 Å². The highest BCUT2D eigenvalue weighted by molar-refractivity contribution is 7.20. The summed E-state index contributed by atoms with van der Waals surface area (Å²) in [5, 5.41) is 20.9. The molecule has 3 aromatic heterocycles. The van der Waals surface area contributed by atoms with E-state index >= 15 is 0 Å². The molecule has 0 saturated heterocycles. The van der Waals surface area contributed by atoms with Crippen molar-refractivity contribution in [3.63, 3.8) is 0 Å². The molecule has 0 fully saturated rings. The first-order chi connectivity index (χ1) is 17.0. The van der Waals surface area contributed by atoms with Crippen LogP contribution in [0.3, 0.4) is 0 Å². The summed E-state index contributed by atoms with van der Waals surface area (Å²) in [6, 6.07) is 6.98. The number of thiophene rings is 1. The lowest BCUT2D eigenvalue weighted by molar-refractivity contribution is 0.0778. The number of carbonyl (C=O) groups is 1. The van der Waals surface area contributed by atoms with E-state index in [2.05, 4.69) is 25.7 Å². The molecule has 0 aliphatic heterocycles. The first kappa shape index (κ1) is 25.4. The maximum Gasteiger partial charge on any atom is 0.251 e. The van der Waals surface area contributed by atoms with Gasteiger partial charge in [0.05, 0.1) is 29.0 Å². The normalized spacial score (nSPS) is 11.6. The lowest BCUT2D eigenvalue weighted by atomic mass is 9.96. The molecule has 188 valence electrons. The van der Waals surface area contributed by atoms with Crippen molar-refractivity contribution in [1.82, 2.24) is 25.1 Å². The van der Waals surface area contributed by atoms with Gasteiger partial charge in [-0.3, -0.25) is 9.48 Å². The second kappa shape index (κ2) is 10.1. The molecule has 1 aromatic carbocycles. The number of halogens is 2. The third kappa shape index (κ3) is 5.73. The van der Waals surface area contributed by atoms with Crippen LogP contribution in [0.2, 0.25) is 0 Å². The van der Waals surface area contributed by atoms with Crippen LogP contribution in [0.4, 0.5) is 19.6 Å². The molecule has 5 N–H and O–H groups in total. The van der Waals surface area contributed by atoms with Crippen molar-refractivity contribution in [2.75, 3.05) is 5.32 Å². The van der Waals surface area contributed by atoms with Gasteiger partial charge >= 0.3 is 0 Å². The quantitative estimate of drug-likeness (QED) is 0.269. The second-order valence-electron chi connectivity index (χ2n) is 8.66. The van der Waals surface area contributed by atoms with E-state index in [0.717, 1.165) is 29.2 Å². The van der Waals surface area contributed by atoms with Crippen LogP contribution in [0, 0.1) is 11.6 Å². The van der Waals surface area contributed by atoms with Crippen molar-refractivity contribution >= 4 is 28.1 Å². The second-order valence-corrected chi connectivity index (χ2v) is 9.71. The maximum atomic E-state index is 14.9. The number of hydrogen-bond acceptors (Lipinski definition) is 8. The summed E-state index contributed by atoms with van der Waals surface area (Å²) in [4.78, 5) is 20.9. The molecule has 0 unspecified atom stereocenters. The van der Waals surface area contributed by atoms with Gasteiger partial charge in [-0.2, -0.15) is 5.10 Å². The Hall–Kier alpha value is -3.74. The number of anilines is 2. The van der Waals surface area contributed by atoms with Crippen molar-refractivity contribution in [3.8, 4) is 10.4 Å². The number of benzene rings is 1. The Balaban J connectivity index is 1.56. The fourth-order valence-electron chi connectivity index (χ4n) is 3.48. The van der Waals surface area contributed by atoms with Gasteiger partial charge in [0.2, 0.25) is 0 Å². The lowest BCUT2D eigenvalue weighted by Gasteiger charge is -2.18. The predicted molar refractivity (Wildman–Crippen MR) is 133 cm³/mol. The maximum absolute atomic E-state index is 14.9. The number of nitrogens with one attached hydrogen (secondary N) is 2. The number of nitrogens with zero attached hydrogens (tertiary/aromatic N) is 4. The van der Waals surface area contributed by atoms with Crippen molar-refractivity contribution < 1.29 is 18.7 Å². The number of nitrogens with two attached hydrogens (primary N) is 1. The van der Waals surface area contributed by atoms with E-state index in [1.54, 1.807) is 16.9 Å².